The Labute approximate surface area is 80.6 Å². The smallest absolute Gasteiger partial charge is 0.0926 e. The molecule has 0 saturated heterocycles. The molecular weight excluding hydrogens is 182 g/mol. The molecule has 2 rings (SSSR count). The van der Waals surface area contributed by atoms with E-state index in [-0.39, 0.29) is 6.54 Å². The molecule has 2 aromatic rings. The van der Waals surface area contributed by atoms with Gasteiger partial charge in [0.25, 0.3) is 0 Å². The first-order valence-corrected chi connectivity index (χ1v) is 5.05. The Morgan fingerprint density at radius 1 is 1.38 bits per heavy atom. The summed E-state index contributed by atoms with van der Waals surface area (Å²) in [4.78, 5) is 0. The Morgan fingerprint density at radius 2 is 2.15 bits per heavy atom. The van der Waals surface area contributed by atoms with Crippen molar-refractivity contribution in [3.05, 3.63) is 35.2 Å². The number of fused-ring (bicyclic) bond motifs is 1. The number of nitrogens with two attached hydrogens (primary N) is 1. The van der Waals surface area contributed by atoms with Crippen LogP contribution in [0, 0.1) is 0 Å². The van der Waals surface area contributed by atoms with E-state index in [1.54, 1.807) is 11.3 Å². The van der Waals surface area contributed by atoms with Gasteiger partial charge in [0.2, 0.25) is 0 Å². The van der Waals surface area contributed by atoms with Gasteiger partial charge >= 0.3 is 0 Å². The number of hydrogen-bond acceptors (Lipinski definition) is 3. The summed E-state index contributed by atoms with van der Waals surface area (Å²) < 4.78 is 1.20. The van der Waals surface area contributed by atoms with E-state index < -0.39 is 6.10 Å². The second kappa shape index (κ2) is 3.46. The van der Waals surface area contributed by atoms with Crippen LogP contribution in [0.2, 0.25) is 0 Å². The quantitative estimate of drug-likeness (QED) is 0.765. The van der Waals surface area contributed by atoms with E-state index in [9.17, 15) is 5.11 Å². The summed E-state index contributed by atoms with van der Waals surface area (Å²) in [7, 11) is 0. The van der Waals surface area contributed by atoms with E-state index >= 15 is 0 Å². The summed E-state index contributed by atoms with van der Waals surface area (Å²) in [6, 6.07) is 8.03. The minimum Gasteiger partial charge on any atom is -0.387 e. The van der Waals surface area contributed by atoms with Gasteiger partial charge in [-0.3, -0.25) is 0 Å². The van der Waals surface area contributed by atoms with Gasteiger partial charge in [-0.05, 0) is 16.8 Å². The molecule has 0 fully saturated rings. The highest BCUT2D eigenvalue weighted by atomic mass is 32.1. The van der Waals surface area contributed by atoms with Crippen molar-refractivity contribution in [2.45, 2.75) is 6.10 Å². The van der Waals surface area contributed by atoms with Crippen LogP contribution in [0.5, 0.6) is 0 Å². The van der Waals surface area contributed by atoms with E-state index in [0.717, 1.165) is 10.9 Å². The number of benzene rings is 1. The molecule has 68 valence electrons. The van der Waals surface area contributed by atoms with Crippen molar-refractivity contribution in [1.29, 1.82) is 0 Å². The fraction of sp³-hybridized carbons (Fsp3) is 0.200. The molecule has 0 saturated carbocycles. The van der Waals surface area contributed by atoms with Gasteiger partial charge in [0, 0.05) is 16.8 Å². The molecule has 2 nitrogen and oxygen atoms in total. The second-order valence-corrected chi connectivity index (χ2v) is 3.85. The number of hydrogen-bond donors (Lipinski definition) is 2. The maximum absolute atomic E-state index is 9.60. The van der Waals surface area contributed by atoms with E-state index in [2.05, 4.69) is 0 Å². The van der Waals surface area contributed by atoms with Crippen molar-refractivity contribution in [3.8, 4) is 0 Å². The SMILES string of the molecule is NC[C@H](O)c1csc2ccccc12. The highest BCUT2D eigenvalue weighted by Gasteiger charge is 2.10. The molecular formula is C10H11NOS. The minimum absolute atomic E-state index is 0.278. The zero-order chi connectivity index (χ0) is 9.26. The number of aliphatic hydroxyl groups is 1. The lowest BCUT2D eigenvalue weighted by atomic mass is 10.1. The molecule has 3 heteroatoms. The first kappa shape index (κ1) is 8.69. The van der Waals surface area contributed by atoms with Crippen molar-refractivity contribution < 1.29 is 5.11 Å². The Hall–Kier alpha value is -0.900. The highest BCUT2D eigenvalue weighted by Crippen LogP contribution is 2.29. The Kier molecular flexibility index (Phi) is 2.31. The molecule has 0 amide bonds. The van der Waals surface area contributed by atoms with Gasteiger partial charge in [-0.15, -0.1) is 11.3 Å². The molecule has 1 atom stereocenters. The van der Waals surface area contributed by atoms with Crippen LogP contribution in [0.3, 0.4) is 0 Å². The zero-order valence-electron chi connectivity index (χ0n) is 7.10. The molecule has 0 bridgehead atoms. The molecule has 0 spiro atoms. The molecule has 1 aromatic heterocycles. The van der Waals surface area contributed by atoms with Gasteiger partial charge in [-0.1, -0.05) is 18.2 Å². The third kappa shape index (κ3) is 1.46. The summed E-state index contributed by atoms with van der Waals surface area (Å²) in [6.45, 7) is 0.278. The third-order valence-electron chi connectivity index (χ3n) is 2.09. The average molecular weight is 193 g/mol. The third-order valence-corrected chi connectivity index (χ3v) is 3.07. The number of aliphatic hydroxyl groups excluding tert-OH is 1. The maximum Gasteiger partial charge on any atom is 0.0926 e. The molecule has 1 heterocycles. The zero-order valence-corrected chi connectivity index (χ0v) is 7.92. The van der Waals surface area contributed by atoms with Gasteiger partial charge in [-0.2, -0.15) is 0 Å². The molecule has 3 N–H and O–H groups in total. The van der Waals surface area contributed by atoms with Crippen molar-refractivity contribution in [1.82, 2.24) is 0 Å². The van der Waals surface area contributed by atoms with Crippen molar-refractivity contribution in [2.75, 3.05) is 6.54 Å². The summed E-state index contributed by atoms with van der Waals surface area (Å²) in [5.41, 5.74) is 6.36. The van der Waals surface area contributed by atoms with E-state index in [4.69, 9.17) is 5.73 Å². The average Bonchev–Trinajstić information content (AvgIpc) is 2.60. The van der Waals surface area contributed by atoms with Gasteiger partial charge in [0.15, 0.2) is 0 Å². The van der Waals surface area contributed by atoms with Crippen LogP contribution in [-0.2, 0) is 0 Å². The Balaban J connectivity index is 2.57. The summed E-state index contributed by atoms with van der Waals surface area (Å²) in [5.74, 6) is 0. The highest BCUT2D eigenvalue weighted by molar-refractivity contribution is 7.17. The maximum atomic E-state index is 9.60. The van der Waals surface area contributed by atoms with Gasteiger partial charge in [0.1, 0.15) is 0 Å². The van der Waals surface area contributed by atoms with Crippen molar-refractivity contribution in [3.63, 3.8) is 0 Å². The monoisotopic (exact) mass is 193 g/mol. The normalized spacial score (nSPS) is 13.4. The predicted octanol–water partition coefficient (Wildman–Crippen LogP) is 1.89. The predicted molar refractivity (Wildman–Crippen MR) is 55.8 cm³/mol. The molecule has 0 aliphatic heterocycles. The van der Waals surface area contributed by atoms with Gasteiger partial charge < -0.3 is 10.8 Å². The fourth-order valence-corrected chi connectivity index (χ4v) is 2.39. The minimum atomic E-state index is -0.531. The first-order valence-electron chi connectivity index (χ1n) is 4.17. The van der Waals surface area contributed by atoms with Crippen molar-refractivity contribution >= 4 is 21.4 Å². The first-order chi connectivity index (χ1) is 6.33. The lowest BCUT2D eigenvalue weighted by molar-refractivity contribution is 0.188. The van der Waals surface area contributed by atoms with E-state index in [1.807, 2.05) is 29.6 Å². The van der Waals surface area contributed by atoms with Gasteiger partial charge in [-0.25, -0.2) is 0 Å². The lowest BCUT2D eigenvalue weighted by Gasteiger charge is -2.05. The summed E-state index contributed by atoms with van der Waals surface area (Å²) in [5, 5.41) is 12.7. The van der Waals surface area contributed by atoms with Crippen molar-refractivity contribution in [2.24, 2.45) is 5.73 Å². The molecule has 0 aliphatic rings. The fourth-order valence-electron chi connectivity index (χ4n) is 1.38. The molecule has 0 unspecified atom stereocenters. The van der Waals surface area contributed by atoms with Crippen LogP contribution in [0.1, 0.15) is 11.7 Å². The summed E-state index contributed by atoms with van der Waals surface area (Å²) in [6.07, 6.45) is -0.531. The lowest BCUT2D eigenvalue weighted by Crippen LogP contribution is -2.10. The molecule has 13 heavy (non-hydrogen) atoms. The van der Waals surface area contributed by atoms with Crippen LogP contribution in [0.4, 0.5) is 0 Å². The van der Waals surface area contributed by atoms with E-state index in [0.29, 0.717) is 0 Å². The Bertz CT molecular complexity index is 410. The van der Waals surface area contributed by atoms with E-state index in [1.165, 1.54) is 4.70 Å². The van der Waals surface area contributed by atoms with Crippen LogP contribution < -0.4 is 5.73 Å². The van der Waals surface area contributed by atoms with Gasteiger partial charge in [0.05, 0.1) is 6.10 Å². The van der Waals surface area contributed by atoms with Crippen LogP contribution in [0.25, 0.3) is 10.1 Å². The summed E-state index contributed by atoms with van der Waals surface area (Å²) >= 11 is 1.64. The molecule has 0 aliphatic carbocycles. The van der Waals surface area contributed by atoms with Crippen LogP contribution in [-0.4, -0.2) is 11.7 Å². The second-order valence-electron chi connectivity index (χ2n) is 2.94. The van der Waals surface area contributed by atoms with Crippen LogP contribution in [0.15, 0.2) is 29.6 Å². The number of rotatable bonds is 2. The van der Waals surface area contributed by atoms with Crippen LogP contribution >= 0.6 is 11.3 Å². The topological polar surface area (TPSA) is 46.2 Å². The number of thiophene rings is 1. The standard InChI is InChI=1S/C10H11NOS/c11-5-9(12)8-6-13-10-4-2-1-3-7(8)10/h1-4,6,9,12H,5,11H2/t9-/m0/s1. The molecule has 0 radical (unpaired) electrons. The Morgan fingerprint density at radius 3 is 2.92 bits per heavy atom. The largest absolute Gasteiger partial charge is 0.387 e. The molecule has 1 aromatic carbocycles.